The molecule has 0 N–H and O–H groups in total. The lowest BCUT2D eigenvalue weighted by Crippen LogP contribution is -2.00. The Morgan fingerprint density at radius 3 is 1.31 bits per heavy atom. The molecule has 0 amide bonds. The molecule has 0 saturated carbocycles. The Balaban J connectivity index is 1.38. The van der Waals surface area contributed by atoms with Crippen molar-refractivity contribution in [2.45, 2.75) is 221 Å². The number of thiazole rings is 1. The van der Waals surface area contributed by atoms with Crippen molar-refractivity contribution in [3.8, 4) is 53.0 Å². The molecule has 3 heterocycles. The molecule has 0 aliphatic carbocycles. The summed E-state index contributed by atoms with van der Waals surface area (Å²) in [5.41, 5.74) is 17.0. The van der Waals surface area contributed by atoms with Crippen LogP contribution in [0.4, 0.5) is 0 Å². The van der Waals surface area contributed by atoms with Crippen LogP contribution in [0.5, 0.6) is 0 Å². The Hall–Kier alpha value is -3.83. The number of aryl methyl sites for hydroxylation is 6. The highest BCUT2D eigenvalue weighted by Gasteiger charge is 2.20. The first-order chi connectivity index (χ1) is 34.9. The Morgan fingerprint density at radius 2 is 0.775 bits per heavy atom. The summed E-state index contributed by atoms with van der Waals surface area (Å²) < 4.78 is 1.26. The van der Waals surface area contributed by atoms with E-state index in [2.05, 4.69) is 133 Å². The molecule has 7 rings (SSSR count). The van der Waals surface area contributed by atoms with E-state index in [1.807, 2.05) is 34.0 Å². The molecular weight excluding hydrogens is 915 g/mol. The molecule has 0 fully saturated rings. The summed E-state index contributed by atoms with van der Waals surface area (Å²) in [5.74, 6) is 0. The number of nitrogens with zero attached hydrogens (tertiary/aromatic N) is 1. The van der Waals surface area contributed by atoms with Gasteiger partial charge in [-0.3, -0.25) is 0 Å². The van der Waals surface area contributed by atoms with Gasteiger partial charge in [0.25, 0.3) is 0 Å². The smallest absolute Gasteiger partial charge is 0.124 e. The lowest BCUT2D eigenvalue weighted by atomic mass is 9.85. The monoisotopic (exact) mass is 1000 g/mol. The lowest BCUT2D eigenvalue weighted by Gasteiger charge is -2.20. The molecule has 0 atom stereocenters. The van der Waals surface area contributed by atoms with Crippen LogP contribution in [0.15, 0.2) is 91.0 Å². The third-order valence-electron chi connectivity index (χ3n) is 15.0. The normalized spacial score (nSPS) is 11.7. The van der Waals surface area contributed by atoms with E-state index in [4.69, 9.17) is 4.98 Å². The zero-order chi connectivity index (χ0) is 49.6. The first-order valence-electron chi connectivity index (χ1n) is 28.9. The van der Waals surface area contributed by atoms with Crippen LogP contribution in [-0.2, 0) is 25.7 Å². The van der Waals surface area contributed by atoms with Crippen LogP contribution >= 0.6 is 34.0 Å². The molecule has 4 heteroatoms. The van der Waals surface area contributed by atoms with Crippen molar-refractivity contribution in [2.24, 2.45) is 0 Å². The number of fused-ring (bicyclic) bond motifs is 1. The van der Waals surface area contributed by atoms with Gasteiger partial charge in [-0.05, 0) is 182 Å². The summed E-state index contributed by atoms with van der Waals surface area (Å²) in [6, 6.07) is 36.4. The van der Waals surface area contributed by atoms with E-state index in [9.17, 15) is 0 Å². The summed E-state index contributed by atoms with van der Waals surface area (Å²) in [5, 5.41) is 1.13. The highest BCUT2D eigenvalue weighted by Crippen LogP contribution is 2.44. The highest BCUT2D eigenvalue weighted by atomic mass is 32.1. The van der Waals surface area contributed by atoms with Crippen molar-refractivity contribution in [1.82, 2.24) is 4.98 Å². The molecule has 71 heavy (non-hydrogen) atoms. The number of thiophene rings is 2. The Kier molecular flexibility index (Phi) is 23.0. The minimum atomic E-state index is 1.10. The van der Waals surface area contributed by atoms with Crippen LogP contribution in [0.1, 0.15) is 214 Å². The van der Waals surface area contributed by atoms with Gasteiger partial charge in [0.15, 0.2) is 0 Å². The molecule has 0 aliphatic heterocycles. The summed E-state index contributed by atoms with van der Waals surface area (Å²) in [4.78, 5) is 10.9. The number of benzene rings is 4. The number of unbranched alkanes of at least 4 members (excludes halogenated alkanes) is 20. The van der Waals surface area contributed by atoms with Crippen molar-refractivity contribution < 1.29 is 0 Å². The zero-order valence-corrected chi connectivity index (χ0v) is 47.6. The van der Waals surface area contributed by atoms with Crippen LogP contribution in [0.3, 0.4) is 0 Å². The fourth-order valence-corrected chi connectivity index (χ4v) is 13.7. The Labute approximate surface area is 444 Å². The molecule has 1 nitrogen and oxygen atoms in total. The Bertz CT molecular complexity index is 2620. The predicted octanol–water partition coefficient (Wildman–Crippen LogP) is 23.0. The van der Waals surface area contributed by atoms with Gasteiger partial charge in [-0.2, -0.15) is 0 Å². The van der Waals surface area contributed by atoms with Gasteiger partial charge in [-0.1, -0.05) is 186 Å². The molecule has 0 radical (unpaired) electrons. The molecule has 4 aromatic carbocycles. The van der Waals surface area contributed by atoms with Crippen molar-refractivity contribution in [2.75, 3.05) is 0 Å². The topological polar surface area (TPSA) is 12.9 Å². The second kappa shape index (κ2) is 29.8. The van der Waals surface area contributed by atoms with Crippen molar-refractivity contribution in [3.63, 3.8) is 0 Å². The van der Waals surface area contributed by atoms with Crippen LogP contribution in [0.2, 0.25) is 0 Å². The average molecular weight is 1000 g/mol. The fourth-order valence-electron chi connectivity index (χ4n) is 10.8. The average Bonchev–Trinajstić information content (AvgIpc) is 4.17. The SMILES string of the molecule is CCCCCCCCc1cc(-c2cc(-c3nc4ccccc4s3)cc(-c3cc(CCCCCCCC)c(-c4ccc(-c5ccc(C)s5)s4)cc3CCCCCCCC)c2)c(CCCCCCCC)cc1C. The van der Waals surface area contributed by atoms with Crippen molar-refractivity contribution >= 4 is 44.2 Å². The first-order valence-corrected chi connectivity index (χ1v) is 31.3. The van der Waals surface area contributed by atoms with Crippen LogP contribution in [-0.4, -0.2) is 4.98 Å². The minimum absolute atomic E-state index is 1.10. The molecule has 0 aliphatic rings. The van der Waals surface area contributed by atoms with E-state index in [-0.39, 0.29) is 0 Å². The summed E-state index contributed by atoms with van der Waals surface area (Å²) in [6.07, 6.45) is 36.1. The van der Waals surface area contributed by atoms with Crippen LogP contribution in [0.25, 0.3) is 63.2 Å². The molecule has 0 saturated heterocycles. The maximum absolute atomic E-state index is 5.36. The lowest BCUT2D eigenvalue weighted by molar-refractivity contribution is 0.605. The number of hydrogen-bond donors (Lipinski definition) is 0. The number of aromatic nitrogens is 1. The van der Waals surface area contributed by atoms with Gasteiger partial charge in [-0.15, -0.1) is 34.0 Å². The van der Waals surface area contributed by atoms with Gasteiger partial charge < -0.3 is 0 Å². The van der Waals surface area contributed by atoms with E-state index in [1.165, 1.54) is 240 Å². The van der Waals surface area contributed by atoms with Gasteiger partial charge in [0.1, 0.15) is 5.01 Å². The molecule has 0 bridgehead atoms. The van der Waals surface area contributed by atoms with Crippen LogP contribution < -0.4 is 0 Å². The summed E-state index contributed by atoms with van der Waals surface area (Å²) in [6.45, 7) is 13.9. The number of rotatable bonds is 33. The van der Waals surface area contributed by atoms with Crippen molar-refractivity contribution in [1.29, 1.82) is 0 Å². The largest absolute Gasteiger partial charge is 0.236 e. The first kappa shape index (κ1) is 54.9. The molecule has 0 unspecified atom stereocenters. The van der Waals surface area contributed by atoms with Crippen molar-refractivity contribution in [3.05, 3.63) is 124 Å². The highest BCUT2D eigenvalue weighted by molar-refractivity contribution is 7.24. The van der Waals surface area contributed by atoms with Gasteiger partial charge in [0.05, 0.1) is 10.2 Å². The van der Waals surface area contributed by atoms with Gasteiger partial charge in [-0.25, -0.2) is 4.98 Å². The third kappa shape index (κ3) is 16.3. The summed E-state index contributed by atoms with van der Waals surface area (Å²) >= 11 is 5.77. The quantitative estimate of drug-likeness (QED) is 0.0374. The van der Waals surface area contributed by atoms with E-state index in [0.717, 1.165) is 36.2 Å². The third-order valence-corrected chi connectivity index (χ3v) is 18.4. The standard InChI is InChI=1S/C67H89NS3/c1-7-11-15-19-23-27-33-52-47-59(53(43-50(52)5)34-28-24-20-16-12-8-2)56-44-57(46-58(45-56)67-68-62-37-31-32-38-64(62)71-67)60-48-55(36-30-26-22-18-14-10-4)61(49-54(60)35-29-25-21-17-13-9-3)63-41-42-66(70-63)65-40-39-51(6)69-65/h31-32,37-49H,7-30,33-36H2,1-6H3. The molecule has 380 valence electrons. The van der Waals surface area contributed by atoms with E-state index in [0.29, 0.717) is 0 Å². The molecule has 3 aromatic heterocycles. The maximum atomic E-state index is 5.36. The van der Waals surface area contributed by atoms with Crippen LogP contribution in [0, 0.1) is 13.8 Å². The summed E-state index contributed by atoms with van der Waals surface area (Å²) in [7, 11) is 0. The molecule has 0 spiro atoms. The second-order valence-electron chi connectivity index (χ2n) is 21.0. The fraction of sp³-hybridized carbons (Fsp3) is 0.507. The Morgan fingerprint density at radius 1 is 0.352 bits per heavy atom. The molecule has 7 aromatic rings. The molecular formula is C67H89NS3. The van der Waals surface area contributed by atoms with E-state index in [1.54, 1.807) is 0 Å². The van der Waals surface area contributed by atoms with E-state index < -0.39 is 0 Å². The number of para-hydroxylation sites is 1. The minimum Gasteiger partial charge on any atom is -0.236 e. The predicted molar refractivity (Wildman–Crippen MR) is 320 cm³/mol. The number of hydrogen-bond acceptors (Lipinski definition) is 4. The van der Waals surface area contributed by atoms with Gasteiger partial charge in [0.2, 0.25) is 0 Å². The van der Waals surface area contributed by atoms with Gasteiger partial charge in [0, 0.05) is 25.1 Å². The zero-order valence-electron chi connectivity index (χ0n) is 45.1. The van der Waals surface area contributed by atoms with Gasteiger partial charge >= 0.3 is 0 Å². The second-order valence-corrected chi connectivity index (χ2v) is 24.4. The maximum Gasteiger partial charge on any atom is 0.124 e. The van der Waals surface area contributed by atoms with E-state index >= 15 is 0 Å².